The summed E-state index contributed by atoms with van der Waals surface area (Å²) in [6.07, 6.45) is 15.5. The van der Waals surface area contributed by atoms with Crippen LogP contribution in [0.5, 0.6) is 0 Å². The zero-order valence-electron chi connectivity index (χ0n) is 15.9. The van der Waals surface area contributed by atoms with Crippen LogP contribution in [0, 0.1) is 0 Å². The number of esters is 1. The third kappa shape index (κ3) is 17.7. The van der Waals surface area contributed by atoms with Gasteiger partial charge in [-0.15, -0.1) is 0 Å². The molecule has 0 saturated heterocycles. The Labute approximate surface area is 153 Å². The monoisotopic (exact) mass is 358 g/mol. The number of aliphatic hydroxyl groups excluding tert-OH is 3. The Morgan fingerprint density at radius 2 is 1.64 bits per heavy atom. The van der Waals surface area contributed by atoms with E-state index in [1.165, 1.54) is 19.3 Å². The molecule has 0 radical (unpaired) electrons. The fourth-order valence-corrected chi connectivity index (χ4v) is 2.61. The average molecular weight is 359 g/mol. The molecule has 2 unspecified atom stereocenters. The number of hydrogen-bond donors (Lipinski definition) is 3. The molecule has 0 fully saturated rings. The molecular weight excluding hydrogens is 320 g/mol. The van der Waals surface area contributed by atoms with Gasteiger partial charge in [-0.2, -0.15) is 0 Å². The molecule has 0 aliphatic heterocycles. The number of allylic oxidation sites excluding steroid dienone is 1. The maximum Gasteiger partial charge on any atom is 0.308 e. The molecule has 0 aromatic carbocycles. The van der Waals surface area contributed by atoms with Gasteiger partial charge in [0.05, 0.1) is 6.10 Å². The van der Waals surface area contributed by atoms with Gasteiger partial charge in [0.15, 0.2) is 0 Å². The quantitative estimate of drug-likeness (QED) is 0.159. The fourth-order valence-electron chi connectivity index (χ4n) is 2.61. The largest absolute Gasteiger partial charge is 0.433 e. The van der Waals surface area contributed by atoms with Crippen LogP contribution >= 0.6 is 0 Å². The van der Waals surface area contributed by atoms with E-state index in [0.29, 0.717) is 0 Å². The molecule has 0 rings (SSSR count). The highest BCUT2D eigenvalue weighted by molar-refractivity contribution is 5.69. The van der Waals surface area contributed by atoms with E-state index in [1.807, 2.05) is 0 Å². The van der Waals surface area contributed by atoms with Crippen molar-refractivity contribution in [3.05, 3.63) is 12.2 Å². The molecule has 0 saturated carbocycles. The second-order valence-corrected chi connectivity index (χ2v) is 6.64. The van der Waals surface area contributed by atoms with Crippen molar-refractivity contribution in [2.75, 3.05) is 6.61 Å². The summed E-state index contributed by atoms with van der Waals surface area (Å²) in [6, 6.07) is 0. The second-order valence-electron chi connectivity index (χ2n) is 6.64. The van der Waals surface area contributed by atoms with Gasteiger partial charge in [-0.25, -0.2) is 0 Å². The SMILES string of the molecule is CCCCCCC(O)C/C=C\CCCCCCCC(=O)OC(O)CO. The van der Waals surface area contributed by atoms with Crippen molar-refractivity contribution in [1.82, 2.24) is 0 Å². The molecule has 148 valence electrons. The lowest BCUT2D eigenvalue weighted by molar-refractivity contribution is -0.173. The predicted octanol–water partition coefficient (Wildman–Crippen LogP) is 3.85. The minimum atomic E-state index is -1.39. The van der Waals surface area contributed by atoms with Crippen LogP contribution in [0.3, 0.4) is 0 Å². The fraction of sp³-hybridized carbons (Fsp3) is 0.850. The van der Waals surface area contributed by atoms with E-state index in [4.69, 9.17) is 10.2 Å². The summed E-state index contributed by atoms with van der Waals surface area (Å²) in [5.74, 6) is -0.460. The van der Waals surface area contributed by atoms with E-state index in [-0.39, 0.29) is 12.5 Å². The van der Waals surface area contributed by atoms with Gasteiger partial charge in [0, 0.05) is 6.42 Å². The summed E-state index contributed by atoms with van der Waals surface area (Å²) in [7, 11) is 0. The van der Waals surface area contributed by atoms with Crippen molar-refractivity contribution in [1.29, 1.82) is 0 Å². The Hall–Kier alpha value is -0.910. The van der Waals surface area contributed by atoms with Crippen LogP contribution in [0.2, 0.25) is 0 Å². The first kappa shape index (κ1) is 24.1. The van der Waals surface area contributed by atoms with Crippen LogP contribution in [-0.4, -0.2) is 40.3 Å². The van der Waals surface area contributed by atoms with Crippen LogP contribution in [0.4, 0.5) is 0 Å². The molecule has 3 N–H and O–H groups in total. The molecular formula is C20H38O5. The molecule has 0 spiro atoms. The Morgan fingerprint density at radius 3 is 2.36 bits per heavy atom. The minimum absolute atomic E-state index is 0.197. The van der Waals surface area contributed by atoms with E-state index in [1.54, 1.807) is 0 Å². The Morgan fingerprint density at radius 1 is 0.960 bits per heavy atom. The van der Waals surface area contributed by atoms with Gasteiger partial charge in [0.2, 0.25) is 6.29 Å². The molecule has 0 aliphatic rings. The second kappa shape index (κ2) is 17.9. The third-order valence-electron chi connectivity index (χ3n) is 4.14. The van der Waals surface area contributed by atoms with Crippen LogP contribution in [0.25, 0.3) is 0 Å². The maximum absolute atomic E-state index is 11.2. The van der Waals surface area contributed by atoms with Gasteiger partial charge in [-0.3, -0.25) is 4.79 Å². The summed E-state index contributed by atoms with van der Waals surface area (Å²) >= 11 is 0. The van der Waals surface area contributed by atoms with Crippen molar-refractivity contribution < 1.29 is 24.9 Å². The molecule has 0 bridgehead atoms. The Balaban J connectivity index is 3.36. The summed E-state index contributed by atoms with van der Waals surface area (Å²) in [5, 5.41) is 27.4. The zero-order valence-corrected chi connectivity index (χ0v) is 15.9. The summed E-state index contributed by atoms with van der Waals surface area (Å²) in [5.41, 5.74) is 0. The Kier molecular flexibility index (Phi) is 17.2. The lowest BCUT2D eigenvalue weighted by Crippen LogP contribution is -2.20. The molecule has 0 heterocycles. The van der Waals surface area contributed by atoms with Gasteiger partial charge >= 0.3 is 5.97 Å². The number of hydrogen-bond acceptors (Lipinski definition) is 5. The number of carbonyl (C=O) groups excluding carboxylic acids is 1. The summed E-state index contributed by atoms with van der Waals surface area (Å²) in [4.78, 5) is 11.2. The number of aliphatic hydroxyl groups is 3. The van der Waals surface area contributed by atoms with Crippen molar-refractivity contribution in [2.24, 2.45) is 0 Å². The van der Waals surface area contributed by atoms with Gasteiger partial charge < -0.3 is 20.1 Å². The number of ether oxygens (including phenoxy) is 1. The van der Waals surface area contributed by atoms with Crippen LogP contribution in [0.15, 0.2) is 12.2 Å². The van der Waals surface area contributed by atoms with E-state index >= 15 is 0 Å². The molecule has 0 aliphatic carbocycles. The number of rotatable bonds is 17. The molecule has 5 nitrogen and oxygen atoms in total. The molecule has 0 aromatic rings. The molecule has 2 atom stereocenters. The molecule has 5 heteroatoms. The first-order valence-corrected chi connectivity index (χ1v) is 9.91. The van der Waals surface area contributed by atoms with E-state index in [0.717, 1.165) is 57.8 Å². The number of carbonyl (C=O) groups is 1. The normalized spacial score (nSPS) is 13.9. The van der Waals surface area contributed by atoms with Crippen molar-refractivity contribution in [3.8, 4) is 0 Å². The summed E-state index contributed by atoms with van der Waals surface area (Å²) in [6.45, 7) is 1.63. The smallest absolute Gasteiger partial charge is 0.308 e. The topological polar surface area (TPSA) is 87.0 Å². The lowest BCUT2D eigenvalue weighted by Gasteiger charge is -2.08. The zero-order chi connectivity index (χ0) is 18.8. The number of unbranched alkanes of at least 4 members (excludes halogenated alkanes) is 8. The van der Waals surface area contributed by atoms with Gasteiger partial charge in [0.25, 0.3) is 0 Å². The van der Waals surface area contributed by atoms with Crippen molar-refractivity contribution in [2.45, 2.75) is 103 Å². The highest BCUT2D eigenvalue weighted by Crippen LogP contribution is 2.11. The van der Waals surface area contributed by atoms with Gasteiger partial charge in [-0.1, -0.05) is 64.0 Å². The van der Waals surface area contributed by atoms with E-state index < -0.39 is 18.9 Å². The molecule has 25 heavy (non-hydrogen) atoms. The highest BCUT2D eigenvalue weighted by Gasteiger charge is 2.08. The standard InChI is InChI=1S/C20H38O5/c1-2-3-4-11-14-18(22)15-12-9-7-5-6-8-10-13-16-19(23)25-20(24)17-21/h9,12,18,20-22,24H,2-8,10-11,13-17H2,1H3/b12-9-. The lowest BCUT2D eigenvalue weighted by atomic mass is 10.1. The first-order valence-electron chi connectivity index (χ1n) is 9.91. The van der Waals surface area contributed by atoms with Crippen molar-refractivity contribution in [3.63, 3.8) is 0 Å². The minimum Gasteiger partial charge on any atom is -0.433 e. The highest BCUT2D eigenvalue weighted by atomic mass is 16.6. The van der Waals surface area contributed by atoms with Crippen LogP contribution < -0.4 is 0 Å². The molecule has 0 amide bonds. The maximum atomic E-state index is 11.2. The Bertz CT molecular complexity index is 330. The first-order chi connectivity index (χ1) is 12.1. The average Bonchev–Trinajstić information content (AvgIpc) is 2.60. The van der Waals surface area contributed by atoms with E-state index in [9.17, 15) is 9.90 Å². The predicted molar refractivity (Wildman–Crippen MR) is 100 cm³/mol. The van der Waals surface area contributed by atoms with Crippen LogP contribution in [-0.2, 0) is 9.53 Å². The van der Waals surface area contributed by atoms with Crippen molar-refractivity contribution >= 4 is 5.97 Å². The summed E-state index contributed by atoms with van der Waals surface area (Å²) < 4.78 is 4.56. The van der Waals surface area contributed by atoms with Gasteiger partial charge in [-0.05, 0) is 32.1 Å². The molecule has 0 aromatic heterocycles. The van der Waals surface area contributed by atoms with Gasteiger partial charge in [0.1, 0.15) is 6.61 Å². The van der Waals surface area contributed by atoms with Crippen LogP contribution in [0.1, 0.15) is 90.4 Å². The van der Waals surface area contributed by atoms with E-state index in [2.05, 4.69) is 23.8 Å². The third-order valence-corrected chi connectivity index (χ3v) is 4.14.